The van der Waals surface area contributed by atoms with Crippen LogP contribution in [-0.2, 0) is 0 Å². The summed E-state index contributed by atoms with van der Waals surface area (Å²) in [5.41, 5.74) is 2.40. The molecule has 0 amide bonds. The number of thiophene rings is 1. The van der Waals surface area contributed by atoms with Crippen LogP contribution in [0.1, 0.15) is 38.2 Å². The Morgan fingerprint density at radius 2 is 2.28 bits per heavy atom. The average Bonchev–Trinajstić information content (AvgIpc) is 2.81. The van der Waals surface area contributed by atoms with Crippen LogP contribution in [0.5, 0.6) is 0 Å². The number of aryl methyl sites for hydroxylation is 1. The summed E-state index contributed by atoms with van der Waals surface area (Å²) in [4.78, 5) is 11.5. The van der Waals surface area contributed by atoms with Crippen LogP contribution in [0.25, 0.3) is 10.2 Å². The first-order chi connectivity index (χ1) is 8.81. The molecule has 1 saturated heterocycles. The number of piperidine rings is 1. The van der Waals surface area contributed by atoms with E-state index in [0.29, 0.717) is 6.04 Å². The van der Waals surface area contributed by atoms with E-state index in [-0.39, 0.29) is 0 Å². The molecule has 3 heterocycles. The molecule has 1 fully saturated rings. The summed E-state index contributed by atoms with van der Waals surface area (Å²) >= 11 is 1.78. The lowest BCUT2D eigenvalue weighted by Crippen LogP contribution is -2.39. The smallest absolute Gasteiger partial charge is 0.150 e. The normalized spacial score (nSPS) is 20.6. The zero-order valence-electron chi connectivity index (χ0n) is 11.0. The summed E-state index contributed by atoms with van der Waals surface area (Å²) in [7, 11) is 0. The molecule has 0 spiro atoms. The van der Waals surface area contributed by atoms with Gasteiger partial charge in [-0.25, -0.2) is 9.97 Å². The van der Waals surface area contributed by atoms with E-state index in [4.69, 9.17) is 0 Å². The maximum Gasteiger partial charge on any atom is 0.150 e. The Balaban J connectivity index is 2.07. The number of fused-ring (bicyclic) bond motifs is 1. The number of hydrogen-bond donors (Lipinski definition) is 0. The van der Waals surface area contributed by atoms with Gasteiger partial charge in [0.1, 0.15) is 12.1 Å². The number of anilines is 1. The van der Waals surface area contributed by atoms with E-state index in [1.165, 1.54) is 35.9 Å². The molecule has 3 nitrogen and oxygen atoms in total. The van der Waals surface area contributed by atoms with Crippen LogP contribution in [0, 0.1) is 6.92 Å². The molecule has 3 rings (SSSR count). The SMILES string of the molecule is CC[C@@H]1CCCCN1c1ncnc2c(C)csc12. The van der Waals surface area contributed by atoms with Crippen LogP contribution >= 0.6 is 11.3 Å². The van der Waals surface area contributed by atoms with Crippen LogP contribution < -0.4 is 4.90 Å². The van der Waals surface area contributed by atoms with Gasteiger partial charge in [0.15, 0.2) is 0 Å². The van der Waals surface area contributed by atoms with Crippen LogP contribution in [-0.4, -0.2) is 22.6 Å². The fourth-order valence-electron chi connectivity index (χ4n) is 2.87. The monoisotopic (exact) mass is 261 g/mol. The minimum Gasteiger partial charge on any atom is -0.352 e. The Bertz CT molecular complexity index is 549. The summed E-state index contributed by atoms with van der Waals surface area (Å²) in [5.74, 6) is 1.16. The van der Waals surface area contributed by atoms with Gasteiger partial charge in [0.2, 0.25) is 0 Å². The zero-order valence-corrected chi connectivity index (χ0v) is 11.8. The Morgan fingerprint density at radius 3 is 3.11 bits per heavy atom. The molecule has 0 radical (unpaired) electrons. The van der Waals surface area contributed by atoms with Gasteiger partial charge < -0.3 is 4.90 Å². The predicted octanol–water partition coefficient (Wildman–Crippen LogP) is 3.77. The van der Waals surface area contributed by atoms with Gasteiger partial charge in [0.05, 0.1) is 10.2 Å². The van der Waals surface area contributed by atoms with Crippen LogP contribution in [0.3, 0.4) is 0 Å². The van der Waals surface area contributed by atoms with Crippen molar-refractivity contribution in [2.45, 2.75) is 45.6 Å². The highest BCUT2D eigenvalue weighted by Gasteiger charge is 2.24. The standard InChI is InChI=1S/C14H19N3S/c1-3-11-6-4-5-7-17(11)14-13-12(15-9-16-14)10(2)8-18-13/h8-9,11H,3-7H2,1-2H3/t11-/m1/s1. The minimum atomic E-state index is 0.652. The fraction of sp³-hybridized carbons (Fsp3) is 0.571. The lowest BCUT2D eigenvalue weighted by atomic mass is 10.00. The summed E-state index contributed by atoms with van der Waals surface area (Å²) in [6, 6.07) is 0.652. The summed E-state index contributed by atoms with van der Waals surface area (Å²) in [6.07, 6.45) is 6.86. The van der Waals surface area contributed by atoms with Gasteiger partial charge in [0.25, 0.3) is 0 Å². The third-order valence-electron chi connectivity index (χ3n) is 3.88. The van der Waals surface area contributed by atoms with Crippen molar-refractivity contribution >= 4 is 27.4 Å². The summed E-state index contributed by atoms with van der Waals surface area (Å²) in [5, 5.41) is 2.19. The molecule has 0 aliphatic carbocycles. The van der Waals surface area contributed by atoms with E-state index < -0.39 is 0 Å². The predicted molar refractivity (Wildman–Crippen MR) is 77.4 cm³/mol. The minimum absolute atomic E-state index is 0.652. The molecule has 4 heteroatoms. The first-order valence-corrected chi connectivity index (χ1v) is 7.64. The fourth-order valence-corrected chi connectivity index (χ4v) is 3.87. The van der Waals surface area contributed by atoms with E-state index in [9.17, 15) is 0 Å². The van der Waals surface area contributed by atoms with Crippen LogP contribution in [0.15, 0.2) is 11.7 Å². The molecule has 2 aromatic rings. The van der Waals surface area contributed by atoms with E-state index in [1.54, 1.807) is 17.7 Å². The van der Waals surface area contributed by atoms with Crippen molar-refractivity contribution < 1.29 is 0 Å². The molecule has 1 aliphatic heterocycles. The van der Waals surface area contributed by atoms with Crippen LogP contribution in [0.2, 0.25) is 0 Å². The van der Waals surface area contributed by atoms with Crippen molar-refractivity contribution in [2.75, 3.05) is 11.4 Å². The van der Waals surface area contributed by atoms with Crippen molar-refractivity contribution in [3.8, 4) is 0 Å². The van der Waals surface area contributed by atoms with Crippen molar-refractivity contribution in [2.24, 2.45) is 0 Å². The Morgan fingerprint density at radius 1 is 1.39 bits per heavy atom. The summed E-state index contributed by atoms with van der Waals surface area (Å²) in [6.45, 7) is 5.55. The molecule has 1 aliphatic rings. The number of hydrogen-bond acceptors (Lipinski definition) is 4. The van der Waals surface area contributed by atoms with Crippen molar-refractivity contribution in [3.63, 3.8) is 0 Å². The molecule has 0 aromatic carbocycles. The van der Waals surface area contributed by atoms with Gasteiger partial charge in [0, 0.05) is 12.6 Å². The molecular formula is C14H19N3S. The molecule has 0 unspecified atom stereocenters. The first kappa shape index (κ1) is 11.9. The van der Waals surface area contributed by atoms with Crippen molar-refractivity contribution in [3.05, 3.63) is 17.3 Å². The molecular weight excluding hydrogens is 242 g/mol. The van der Waals surface area contributed by atoms with E-state index in [1.807, 2.05) is 0 Å². The molecule has 0 N–H and O–H groups in total. The van der Waals surface area contributed by atoms with Crippen molar-refractivity contribution in [1.29, 1.82) is 0 Å². The van der Waals surface area contributed by atoms with Crippen molar-refractivity contribution in [1.82, 2.24) is 9.97 Å². The third-order valence-corrected chi connectivity index (χ3v) is 4.97. The average molecular weight is 261 g/mol. The van der Waals surface area contributed by atoms with E-state index >= 15 is 0 Å². The maximum atomic E-state index is 4.57. The van der Waals surface area contributed by atoms with Crippen LogP contribution in [0.4, 0.5) is 5.82 Å². The molecule has 1 atom stereocenters. The Hall–Kier alpha value is -1.16. The van der Waals surface area contributed by atoms with Gasteiger partial charge in [-0.2, -0.15) is 0 Å². The van der Waals surface area contributed by atoms with Gasteiger partial charge in [-0.05, 0) is 43.6 Å². The third kappa shape index (κ3) is 1.88. The number of rotatable bonds is 2. The van der Waals surface area contributed by atoms with E-state index in [0.717, 1.165) is 17.9 Å². The zero-order chi connectivity index (χ0) is 12.5. The highest BCUT2D eigenvalue weighted by atomic mass is 32.1. The van der Waals surface area contributed by atoms with Gasteiger partial charge in [-0.3, -0.25) is 0 Å². The number of aromatic nitrogens is 2. The largest absolute Gasteiger partial charge is 0.352 e. The van der Waals surface area contributed by atoms with Gasteiger partial charge in [-0.1, -0.05) is 6.92 Å². The molecule has 0 bridgehead atoms. The first-order valence-electron chi connectivity index (χ1n) is 6.76. The highest BCUT2D eigenvalue weighted by molar-refractivity contribution is 7.18. The highest BCUT2D eigenvalue weighted by Crippen LogP contribution is 2.34. The van der Waals surface area contributed by atoms with Gasteiger partial charge in [-0.15, -0.1) is 11.3 Å². The van der Waals surface area contributed by atoms with E-state index in [2.05, 4.69) is 34.1 Å². The molecule has 0 saturated carbocycles. The molecule has 18 heavy (non-hydrogen) atoms. The molecule has 2 aromatic heterocycles. The second-order valence-electron chi connectivity index (χ2n) is 5.04. The second kappa shape index (κ2) is 4.84. The lowest BCUT2D eigenvalue weighted by Gasteiger charge is -2.36. The maximum absolute atomic E-state index is 4.57. The second-order valence-corrected chi connectivity index (χ2v) is 5.92. The number of nitrogens with zero attached hydrogens (tertiary/aromatic N) is 3. The quantitative estimate of drug-likeness (QED) is 0.824. The summed E-state index contributed by atoms with van der Waals surface area (Å²) < 4.78 is 1.26. The van der Waals surface area contributed by atoms with Gasteiger partial charge >= 0.3 is 0 Å². The topological polar surface area (TPSA) is 29.0 Å². The Labute approximate surface area is 112 Å². The Kier molecular flexibility index (Phi) is 3.20. The molecule has 96 valence electrons. The lowest BCUT2D eigenvalue weighted by molar-refractivity contribution is 0.448.